The molecule has 0 radical (unpaired) electrons. The molecule has 0 saturated heterocycles. The van der Waals surface area contributed by atoms with Crippen LogP contribution in [-0.4, -0.2) is 18.9 Å². The lowest BCUT2D eigenvalue weighted by Gasteiger charge is -2.22. The highest BCUT2D eigenvalue weighted by Gasteiger charge is 2.31. The number of hydrogen-bond donors (Lipinski definition) is 1. The van der Waals surface area contributed by atoms with Crippen molar-refractivity contribution in [1.82, 2.24) is 0 Å². The fraction of sp³-hybridized carbons (Fsp3) is 0.538. The lowest BCUT2D eigenvalue weighted by Crippen LogP contribution is -2.35. The Kier molecular flexibility index (Phi) is 3.99. The lowest BCUT2D eigenvalue weighted by molar-refractivity contribution is 0.553. The van der Waals surface area contributed by atoms with E-state index in [9.17, 15) is 8.42 Å². The molecule has 0 aliphatic carbocycles. The van der Waals surface area contributed by atoms with Gasteiger partial charge in [-0.25, -0.2) is 8.42 Å². The minimum absolute atomic E-state index is 0.0125. The van der Waals surface area contributed by atoms with Crippen molar-refractivity contribution in [3.05, 3.63) is 35.4 Å². The molecule has 0 spiro atoms. The number of sulfone groups is 1. The Hall–Kier alpha value is -0.870. The van der Waals surface area contributed by atoms with Crippen LogP contribution in [0.25, 0.3) is 0 Å². The quantitative estimate of drug-likeness (QED) is 0.900. The topological polar surface area (TPSA) is 60.2 Å². The van der Waals surface area contributed by atoms with Crippen molar-refractivity contribution >= 4 is 9.84 Å². The van der Waals surface area contributed by atoms with Crippen LogP contribution in [0.5, 0.6) is 0 Å². The summed E-state index contributed by atoms with van der Waals surface area (Å²) in [6, 6.07) is 7.17. The smallest absolute Gasteiger partial charge is 0.157 e. The molecule has 0 fully saturated rings. The minimum atomic E-state index is -3.19. The number of hydrogen-bond acceptors (Lipinski definition) is 3. The van der Waals surface area contributed by atoms with Crippen molar-refractivity contribution < 1.29 is 8.42 Å². The van der Waals surface area contributed by atoms with Crippen LogP contribution in [0.2, 0.25) is 0 Å². The summed E-state index contributed by atoms with van der Waals surface area (Å²) in [4.78, 5) is 0. The van der Waals surface area contributed by atoms with Crippen LogP contribution < -0.4 is 5.73 Å². The summed E-state index contributed by atoms with van der Waals surface area (Å²) < 4.78 is 23.4. The van der Waals surface area contributed by atoms with Crippen molar-refractivity contribution in [2.45, 2.75) is 38.5 Å². The van der Waals surface area contributed by atoms with E-state index in [0.717, 1.165) is 11.1 Å². The highest BCUT2D eigenvalue weighted by Crippen LogP contribution is 2.23. The third-order valence-corrected chi connectivity index (χ3v) is 5.58. The molecule has 1 unspecified atom stereocenters. The third-order valence-electron chi connectivity index (χ3n) is 2.92. The average molecular weight is 255 g/mol. The SMILES string of the molecule is Cc1ccccc1C(N)CS(=O)(=O)C(C)(C)C. The van der Waals surface area contributed by atoms with Gasteiger partial charge in [-0.3, -0.25) is 0 Å². The van der Waals surface area contributed by atoms with E-state index in [1.54, 1.807) is 20.8 Å². The molecule has 2 N–H and O–H groups in total. The standard InChI is InChI=1S/C13H21NO2S/c1-10-7-5-6-8-11(10)12(14)9-17(15,16)13(2,3)4/h5-8,12H,9,14H2,1-4H3. The predicted molar refractivity (Wildman–Crippen MR) is 71.6 cm³/mol. The summed E-state index contributed by atoms with van der Waals surface area (Å²) >= 11 is 0. The number of aryl methyl sites for hydroxylation is 1. The molecule has 17 heavy (non-hydrogen) atoms. The summed E-state index contributed by atoms with van der Waals surface area (Å²) in [5, 5.41) is 0. The molecule has 0 heterocycles. The summed E-state index contributed by atoms with van der Waals surface area (Å²) in [6.07, 6.45) is 0. The Morgan fingerprint density at radius 1 is 1.24 bits per heavy atom. The molecular formula is C13H21NO2S. The van der Waals surface area contributed by atoms with Gasteiger partial charge in [0.1, 0.15) is 0 Å². The van der Waals surface area contributed by atoms with Crippen LogP contribution in [0.1, 0.15) is 37.9 Å². The van der Waals surface area contributed by atoms with E-state index in [0.29, 0.717) is 0 Å². The van der Waals surface area contributed by atoms with E-state index in [-0.39, 0.29) is 5.75 Å². The third kappa shape index (κ3) is 3.30. The number of rotatable bonds is 3. The average Bonchev–Trinajstić information content (AvgIpc) is 2.15. The van der Waals surface area contributed by atoms with Crippen molar-refractivity contribution in [2.24, 2.45) is 5.73 Å². The Labute approximate surface area is 104 Å². The first-order valence-corrected chi connectivity index (χ1v) is 7.34. The van der Waals surface area contributed by atoms with Crippen LogP contribution in [0.15, 0.2) is 24.3 Å². The molecule has 0 bridgehead atoms. The molecule has 96 valence electrons. The second-order valence-corrected chi connectivity index (χ2v) is 8.14. The van der Waals surface area contributed by atoms with Gasteiger partial charge in [-0.2, -0.15) is 0 Å². The molecule has 1 aromatic carbocycles. The van der Waals surface area contributed by atoms with Crippen LogP contribution >= 0.6 is 0 Å². The van der Waals surface area contributed by atoms with Crippen LogP contribution in [0.4, 0.5) is 0 Å². The molecule has 0 amide bonds. The maximum Gasteiger partial charge on any atom is 0.157 e. The largest absolute Gasteiger partial charge is 0.323 e. The van der Waals surface area contributed by atoms with Gasteiger partial charge in [0.15, 0.2) is 9.84 Å². The van der Waals surface area contributed by atoms with Gasteiger partial charge in [0, 0.05) is 6.04 Å². The van der Waals surface area contributed by atoms with E-state index in [1.165, 1.54) is 0 Å². The zero-order chi connectivity index (χ0) is 13.3. The summed E-state index contributed by atoms with van der Waals surface area (Å²) in [7, 11) is -3.19. The van der Waals surface area contributed by atoms with Gasteiger partial charge < -0.3 is 5.73 Å². The molecule has 1 atom stereocenters. The first kappa shape index (κ1) is 14.2. The van der Waals surface area contributed by atoms with Crippen molar-refractivity contribution in [3.8, 4) is 0 Å². The Morgan fingerprint density at radius 2 is 1.76 bits per heavy atom. The summed E-state index contributed by atoms with van der Waals surface area (Å²) in [5.41, 5.74) is 7.93. The Balaban J connectivity index is 2.96. The van der Waals surface area contributed by atoms with Gasteiger partial charge >= 0.3 is 0 Å². The molecule has 0 aliphatic heterocycles. The molecule has 0 aromatic heterocycles. The van der Waals surface area contributed by atoms with Crippen LogP contribution in [0.3, 0.4) is 0 Å². The van der Waals surface area contributed by atoms with Gasteiger partial charge in [-0.15, -0.1) is 0 Å². The van der Waals surface area contributed by atoms with Gasteiger partial charge in [0.25, 0.3) is 0 Å². The molecular weight excluding hydrogens is 234 g/mol. The fourth-order valence-electron chi connectivity index (χ4n) is 1.58. The molecule has 1 rings (SSSR count). The summed E-state index contributed by atoms with van der Waals surface area (Å²) in [6.45, 7) is 7.05. The molecule has 4 heteroatoms. The second kappa shape index (κ2) is 4.78. The van der Waals surface area contributed by atoms with Crippen molar-refractivity contribution in [3.63, 3.8) is 0 Å². The van der Waals surface area contributed by atoms with Crippen molar-refractivity contribution in [1.29, 1.82) is 0 Å². The molecule has 1 aromatic rings. The fourth-order valence-corrected chi connectivity index (χ4v) is 2.73. The van der Waals surface area contributed by atoms with Gasteiger partial charge in [-0.05, 0) is 38.8 Å². The van der Waals surface area contributed by atoms with Gasteiger partial charge in [0.2, 0.25) is 0 Å². The molecule has 3 nitrogen and oxygen atoms in total. The maximum absolute atomic E-state index is 12.1. The highest BCUT2D eigenvalue weighted by atomic mass is 32.2. The Bertz CT molecular complexity index is 486. The lowest BCUT2D eigenvalue weighted by atomic mass is 10.0. The number of nitrogens with two attached hydrogens (primary N) is 1. The van der Waals surface area contributed by atoms with Gasteiger partial charge in [0.05, 0.1) is 10.5 Å². The highest BCUT2D eigenvalue weighted by molar-refractivity contribution is 7.92. The maximum atomic E-state index is 12.1. The van der Waals surface area contributed by atoms with E-state index in [1.807, 2.05) is 31.2 Å². The predicted octanol–water partition coefficient (Wildman–Crippen LogP) is 2.21. The van der Waals surface area contributed by atoms with E-state index < -0.39 is 20.6 Å². The minimum Gasteiger partial charge on any atom is -0.323 e. The second-order valence-electron chi connectivity index (χ2n) is 5.36. The van der Waals surface area contributed by atoms with Crippen LogP contribution in [0, 0.1) is 6.92 Å². The molecule has 0 saturated carbocycles. The van der Waals surface area contributed by atoms with Crippen molar-refractivity contribution in [2.75, 3.05) is 5.75 Å². The zero-order valence-corrected chi connectivity index (χ0v) is 11.7. The van der Waals surface area contributed by atoms with Crippen LogP contribution in [-0.2, 0) is 9.84 Å². The van der Waals surface area contributed by atoms with E-state index >= 15 is 0 Å². The Morgan fingerprint density at radius 3 is 2.24 bits per heavy atom. The zero-order valence-electron chi connectivity index (χ0n) is 10.9. The van der Waals surface area contributed by atoms with E-state index in [2.05, 4.69) is 0 Å². The van der Waals surface area contributed by atoms with E-state index in [4.69, 9.17) is 5.73 Å². The first-order valence-electron chi connectivity index (χ1n) is 5.68. The van der Waals surface area contributed by atoms with Gasteiger partial charge in [-0.1, -0.05) is 24.3 Å². The molecule has 0 aliphatic rings. The number of benzene rings is 1. The first-order chi connectivity index (χ1) is 7.65. The summed E-state index contributed by atoms with van der Waals surface area (Å²) in [5.74, 6) is -0.0125. The monoisotopic (exact) mass is 255 g/mol. The normalized spacial score (nSPS) is 14.6.